The van der Waals surface area contributed by atoms with Crippen molar-refractivity contribution in [2.45, 2.75) is 32.1 Å². The Morgan fingerprint density at radius 1 is 1.38 bits per heavy atom. The number of rotatable bonds is 3. The molecule has 0 unspecified atom stereocenters. The van der Waals surface area contributed by atoms with E-state index in [0.717, 1.165) is 12.8 Å². The minimum Gasteiger partial charge on any atom is -0.396 e. The minimum atomic E-state index is -0.503. The van der Waals surface area contributed by atoms with E-state index in [4.69, 9.17) is 5.73 Å². The number of carbonyl (C=O) groups excluding carboxylic acids is 1. The number of nitrogens with two attached hydrogens (primary N) is 1. The number of halogens is 1. The molecule has 0 spiro atoms. The fourth-order valence-electron chi connectivity index (χ4n) is 2.30. The molecule has 16 heavy (non-hydrogen) atoms. The number of ketones is 1. The van der Waals surface area contributed by atoms with Gasteiger partial charge in [-0.3, -0.25) is 4.79 Å². The number of anilines is 1. The molecule has 0 aliphatic heterocycles. The average molecular weight is 221 g/mol. The molecule has 0 heterocycles. The summed E-state index contributed by atoms with van der Waals surface area (Å²) in [6.07, 6.45) is 5.23. The molecule has 0 aromatic heterocycles. The van der Waals surface area contributed by atoms with E-state index in [1.807, 2.05) is 0 Å². The first-order valence-corrected chi connectivity index (χ1v) is 5.75. The highest BCUT2D eigenvalue weighted by molar-refractivity contribution is 5.96. The van der Waals surface area contributed by atoms with Crippen molar-refractivity contribution in [3.05, 3.63) is 29.6 Å². The lowest BCUT2D eigenvalue weighted by molar-refractivity contribution is 0.0961. The van der Waals surface area contributed by atoms with Crippen LogP contribution >= 0.6 is 0 Å². The molecule has 0 amide bonds. The van der Waals surface area contributed by atoms with Gasteiger partial charge in [-0.25, -0.2) is 4.39 Å². The molecule has 3 heteroatoms. The molecule has 0 atom stereocenters. The molecule has 2 N–H and O–H groups in total. The summed E-state index contributed by atoms with van der Waals surface area (Å²) in [7, 11) is 0. The maximum atomic E-state index is 13.2. The number of hydrogen-bond acceptors (Lipinski definition) is 2. The van der Waals surface area contributed by atoms with Crippen LogP contribution in [0.25, 0.3) is 0 Å². The van der Waals surface area contributed by atoms with Gasteiger partial charge in [-0.15, -0.1) is 0 Å². The molecule has 86 valence electrons. The predicted molar refractivity (Wildman–Crippen MR) is 61.7 cm³/mol. The minimum absolute atomic E-state index is 0.0331. The lowest BCUT2D eigenvalue weighted by Crippen LogP contribution is -2.06. The van der Waals surface area contributed by atoms with Crippen LogP contribution in [0.4, 0.5) is 10.1 Å². The molecule has 1 aliphatic rings. The normalized spacial score (nSPS) is 16.6. The van der Waals surface area contributed by atoms with Crippen LogP contribution in [0.15, 0.2) is 18.2 Å². The van der Waals surface area contributed by atoms with E-state index in [1.165, 1.54) is 25.0 Å². The van der Waals surface area contributed by atoms with Gasteiger partial charge in [-0.05, 0) is 24.1 Å². The highest BCUT2D eigenvalue weighted by atomic mass is 19.1. The van der Waals surface area contributed by atoms with Crippen LogP contribution in [0.2, 0.25) is 0 Å². The van der Waals surface area contributed by atoms with E-state index < -0.39 is 5.82 Å². The van der Waals surface area contributed by atoms with Crippen molar-refractivity contribution < 1.29 is 9.18 Å². The van der Waals surface area contributed by atoms with Gasteiger partial charge in [-0.1, -0.05) is 25.7 Å². The van der Waals surface area contributed by atoms with Crippen molar-refractivity contribution >= 4 is 11.5 Å². The second-order valence-electron chi connectivity index (χ2n) is 4.51. The standard InChI is InChI=1S/C13H16FNO/c14-11-8-10(5-6-12(11)15)13(16)7-9-3-1-2-4-9/h5-6,8-9H,1-4,7,15H2. The Labute approximate surface area is 94.6 Å². The van der Waals surface area contributed by atoms with Crippen LogP contribution in [0.3, 0.4) is 0 Å². The fourth-order valence-corrected chi connectivity index (χ4v) is 2.30. The summed E-state index contributed by atoms with van der Waals surface area (Å²) in [6, 6.07) is 4.31. The molecule has 2 rings (SSSR count). The number of Topliss-reactive ketones (excluding diaryl/α,β-unsaturated/α-hetero) is 1. The van der Waals surface area contributed by atoms with E-state index in [-0.39, 0.29) is 11.5 Å². The van der Waals surface area contributed by atoms with Crippen LogP contribution < -0.4 is 5.73 Å². The van der Waals surface area contributed by atoms with Gasteiger partial charge in [0, 0.05) is 12.0 Å². The highest BCUT2D eigenvalue weighted by Gasteiger charge is 2.19. The second kappa shape index (κ2) is 4.64. The first kappa shape index (κ1) is 11.1. The Kier molecular flexibility index (Phi) is 3.22. The molecule has 1 aromatic carbocycles. The smallest absolute Gasteiger partial charge is 0.163 e. The SMILES string of the molecule is Nc1ccc(C(=O)CC2CCCC2)cc1F. The number of hydrogen-bond donors (Lipinski definition) is 1. The first-order chi connectivity index (χ1) is 7.66. The van der Waals surface area contributed by atoms with Gasteiger partial charge in [0.2, 0.25) is 0 Å². The Balaban J connectivity index is 2.05. The lowest BCUT2D eigenvalue weighted by atomic mass is 9.97. The quantitative estimate of drug-likeness (QED) is 0.629. The molecular formula is C13H16FNO. The Bertz CT molecular complexity index is 397. The van der Waals surface area contributed by atoms with Gasteiger partial charge in [0.05, 0.1) is 5.69 Å². The van der Waals surface area contributed by atoms with Gasteiger partial charge in [0.15, 0.2) is 5.78 Å². The first-order valence-electron chi connectivity index (χ1n) is 5.75. The third-order valence-electron chi connectivity index (χ3n) is 3.27. The zero-order chi connectivity index (χ0) is 11.5. The van der Waals surface area contributed by atoms with Crippen LogP contribution in [-0.4, -0.2) is 5.78 Å². The molecule has 1 fully saturated rings. The predicted octanol–water partition coefficient (Wildman–Crippen LogP) is 3.17. The summed E-state index contributed by atoms with van der Waals surface area (Å²) < 4.78 is 13.2. The summed E-state index contributed by atoms with van der Waals surface area (Å²) in [4.78, 5) is 11.9. The fraction of sp³-hybridized carbons (Fsp3) is 0.462. The van der Waals surface area contributed by atoms with Crippen molar-refractivity contribution in [1.82, 2.24) is 0 Å². The molecule has 0 saturated heterocycles. The van der Waals surface area contributed by atoms with Gasteiger partial charge in [0.25, 0.3) is 0 Å². The number of carbonyl (C=O) groups is 1. The highest BCUT2D eigenvalue weighted by Crippen LogP contribution is 2.29. The van der Waals surface area contributed by atoms with Gasteiger partial charge < -0.3 is 5.73 Å². The zero-order valence-electron chi connectivity index (χ0n) is 9.21. The van der Waals surface area contributed by atoms with Crippen molar-refractivity contribution in [3.8, 4) is 0 Å². The van der Waals surface area contributed by atoms with Crippen LogP contribution in [0.1, 0.15) is 42.5 Å². The number of benzene rings is 1. The Morgan fingerprint density at radius 3 is 2.69 bits per heavy atom. The van der Waals surface area contributed by atoms with Gasteiger partial charge in [0.1, 0.15) is 5.82 Å². The van der Waals surface area contributed by atoms with Crippen molar-refractivity contribution in [1.29, 1.82) is 0 Å². The van der Waals surface area contributed by atoms with Crippen molar-refractivity contribution in [3.63, 3.8) is 0 Å². The summed E-state index contributed by atoms with van der Waals surface area (Å²) in [5.41, 5.74) is 5.90. The summed E-state index contributed by atoms with van der Waals surface area (Å²) in [6.45, 7) is 0. The largest absolute Gasteiger partial charge is 0.396 e. The van der Waals surface area contributed by atoms with Crippen LogP contribution in [0, 0.1) is 11.7 Å². The molecule has 0 bridgehead atoms. The van der Waals surface area contributed by atoms with E-state index >= 15 is 0 Å². The molecular weight excluding hydrogens is 205 g/mol. The van der Waals surface area contributed by atoms with E-state index in [2.05, 4.69) is 0 Å². The second-order valence-corrected chi connectivity index (χ2v) is 4.51. The van der Waals surface area contributed by atoms with Gasteiger partial charge in [-0.2, -0.15) is 0 Å². The Hall–Kier alpha value is -1.38. The van der Waals surface area contributed by atoms with E-state index in [0.29, 0.717) is 17.9 Å². The maximum Gasteiger partial charge on any atom is 0.163 e. The molecule has 0 radical (unpaired) electrons. The molecule has 1 aromatic rings. The summed E-state index contributed by atoms with van der Waals surface area (Å²) >= 11 is 0. The van der Waals surface area contributed by atoms with Crippen LogP contribution in [0.5, 0.6) is 0 Å². The zero-order valence-corrected chi connectivity index (χ0v) is 9.21. The summed E-state index contributed by atoms with van der Waals surface area (Å²) in [5, 5.41) is 0. The Morgan fingerprint density at radius 2 is 2.06 bits per heavy atom. The molecule has 1 saturated carbocycles. The third-order valence-corrected chi connectivity index (χ3v) is 3.27. The summed E-state index contributed by atoms with van der Waals surface area (Å²) in [5.74, 6) is 0.0242. The molecule has 1 aliphatic carbocycles. The lowest BCUT2D eigenvalue weighted by Gasteiger charge is -2.08. The maximum absolute atomic E-state index is 13.2. The van der Waals surface area contributed by atoms with E-state index in [9.17, 15) is 9.18 Å². The van der Waals surface area contributed by atoms with Gasteiger partial charge >= 0.3 is 0 Å². The third kappa shape index (κ3) is 2.40. The van der Waals surface area contributed by atoms with Crippen molar-refractivity contribution in [2.24, 2.45) is 5.92 Å². The van der Waals surface area contributed by atoms with Crippen LogP contribution in [-0.2, 0) is 0 Å². The monoisotopic (exact) mass is 221 g/mol. The topological polar surface area (TPSA) is 43.1 Å². The van der Waals surface area contributed by atoms with Crippen molar-refractivity contribution in [2.75, 3.05) is 5.73 Å². The molecule has 2 nitrogen and oxygen atoms in total. The van der Waals surface area contributed by atoms with E-state index in [1.54, 1.807) is 6.07 Å². The average Bonchev–Trinajstić information content (AvgIpc) is 2.74. The number of nitrogen functional groups attached to an aromatic ring is 1.